The molecule has 1 aromatic heterocycles. The van der Waals surface area contributed by atoms with Crippen molar-refractivity contribution in [2.45, 2.75) is 6.92 Å². The summed E-state index contributed by atoms with van der Waals surface area (Å²) >= 11 is 3.24. The summed E-state index contributed by atoms with van der Waals surface area (Å²) in [6, 6.07) is 6.24. The summed E-state index contributed by atoms with van der Waals surface area (Å²) < 4.78 is 0.772. The van der Waals surface area contributed by atoms with Gasteiger partial charge in [-0.1, -0.05) is 6.07 Å². The molecule has 0 aliphatic heterocycles. The zero-order valence-electron chi connectivity index (χ0n) is 10.0. The second kappa shape index (κ2) is 5.27. The Labute approximate surface area is 117 Å². The molecule has 5 nitrogen and oxygen atoms in total. The lowest BCUT2D eigenvalue weighted by Gasteiger charge is -2.08. The Morgan fingerprint density at radius 1 is 1.32 bits per heavy atom. The number of hydrogen-bond acceptors (Lipinski definition) is 2. The molecule has 1 amide bonds. The van der Waals surface area contributed by atoms with E-state index in [1.807, 2.05) is 0 Å². The third-order valence-corrected chi connectivity index (χ3v) is 3.08. The normalized spacial score (nSPS) is 10.2. The van der Waals surface area contributed by atoms with Crippen LogP contribution in [-0.4, -0.2) is 22.0 Å². The van der Waals surface area contributed by atoms with Crippen molar-refractivity contribution in [1.29, 1.82) is 0 Å². The van der Waals surface area contributed by atoms with Gasteiger partial charge in [-0.2, -0.15) is 0 Å². The van der Waals surface area contributed by atoms with Gasteiger partial charge in [0, 0.05) is 16.4 Å². The Hall–Kier alpha value is -2.08. The van der Waals surface area contributed by atoms with Crippen LogP contribution in [0.25, 0.3) is 0 Å². The lowest BCUT2D eigenvalue weighted by molar-refractivity contribution is 0.0696. The molecule has 0 aliphatic carbocycles. The SMILES string of the molecule is Cc1ccc(C(=O)O)cc1NC(=O)c1cc(Br)c[nH]1. The Morgan fingerprint density at radius 3 is 2.63 bits per heavy atom. The number of nitrogens with one attached hydrogen (secondary N) is 2. The van der Waals surface area contributed by atoms with Gasteiger partial charge in [-0.15, -0.1) is 0 Å². The third kappa shape index (κ3) is 3.03. The van der Waals surface area contributed by atoms with Gasteiger partial charge in [0.2, 0.25) is 0 Å². The number of carbonyl (C=O) groups is 2. The number of halogens is 1. The number of anilines is 1. The fourth-order valence-corrected chi connectivity index (χ4v) is 1.92. The number of benzene rings is 1. The number of H-pyrrole nitrogens is 1. The van der Waals surface area contributed by atoms with Crippen molar-refractivity contribution in [2.75, 3.05) is 5.32 Å². The number of rotatable bonds is 3. The van der Waals surface area contributed by atoms with Gasteiger partial charge in [0.1, 0.15) is 5.69 Å². The molecule has 2 rings (SSSR count). The lowest BCUT2D eigenvalue weighted by Crippen LogP contribution is -2.13. The number of aryl methyl sites for hydroxylation is 1. The van der Waals surface area contributed by atoms with Crippen molar-refractivity contribution < 1.29 is 14.7 Å². The van der Waals surface area contributed by atoms with Gasteiger partial charge in [0.25, 0.3) is 5.91 Å². The highest BCUT2D eigenvalue weighted by atomic mass is 79.9. The summed E-state index contributed by atoms with van der Waals surface area (Å²) in [6.45, 7) is 1.80. The summed E-state index contributed by atoms with van der Waals surface area (Å²) in [4.78, 5) is 25.7. The molecule has 0 unspecified atom stereocenters. The van der Waals surface area contributed by atoms with Crippen LogP contribution in [0.2, 0.25) is 0 Å². The Bertz CT molecular complexity index is 649. The van der Waals surface area contributed by atoms with Gasteiger partial charge in [-0.05, 0) is 46.6 Å². The van der Waals surface area contributed by atoms with E-state index in [-0.39, 0.29) is 11.5 Å². The van der Waals surface area contributed by atoms with Crippen LogP contribution in [0.3, 0.4) is 0 Å². The molecule has 2 aromatic rings. The largest absolute Gasteiger partial charge is 0.478 e. The van der Waals surface area contributed by atoms with Crippen LogP contribution in [-0.2, 0) is 0 Å². The second-order valence-corrected chi connectivity index (χ2v) is 4.94. The number of carbonyl (C=O) groups excluding carboxylic acids is 1. The van der Waals surface area contributed by atoms with Gasteiger partial charge in [0.15, 0.2) is 0 Å². The molecule has 1 aromatic carbocycles. The maximum atomic E-state index is 12.0. The van der Waals surface area contributed by atoms with Gasteiger partial charge in [0.05, 0.1) is 5.56 Å². The minimum absolute atomic E-state index is 0.133. The van der Waals surface area contributed by atoms with Crippen molar-refractivity contribution in [1.82, 2.24) is 4.98 Å². The third-order valence-electron chi connectivity index (χ3n) is 2.63. The van der Waals surface area contributed by atoms with Crippen molar-refractivity contribution in [3.8, 4) is 0 Å². The highest BCUT2D eigenvalue weighted by Crippen LogP contribution is 2.18. The zero-order chi connectivity index (χ0) is 14.0. The van der Waals surface area contributed by atoms with Crippen LogP contribution in [0, 0.1) is 6.92 Å². The van der Waals surface area contributed by atoms with E-state index in [0.29, 0.717) is 11.4 Å². The molecule has 0 fully saturated rings. The number of hydrogen-bond donors (Lipinski definition) is 3. The van der Waals surface area contributed by atoms with E-state index in [4.69, 9.17) is 5.11 Å². The Morgan fingerprint density at radius 2 is 2.05 bits per heavy atom. The molecule has 0 saturated carbocycles. The summed E-state index contributed by atoms with van der Waals surface area (Å²) in [7, 11) is 0. The average molecular weight is 323 g/mol. The van der Waals surface area contributed by atoms with E-state index in [0.717, 1.165) is 10.0 Å². The summed E-state index contributed by atoms with van der Waals surface area (Å²) in [5, 5.41) is 11.6. The smallest absolute Gasteiger partial charge is 0.335 e. The van der Waals surface area contributed by atoms with E-state index in [9.17, 15) is 9.59 Å². The maximum absolute atomic E-state index is 12.0. The van der Waals surface area contributed by atoms with E-state index in [2.05, 4.69) is 26.2 Å². The number of aromatic amines is 1. The van der Waals surface area contributed by atoms with Gasteiger partial charge >= 0.3 is 5.97 Å². The van der Waals surface area contributed by atoms with Gasteiger partial charge in [-0.25, -0.2) is 4.79 Å². The molecule has 0 aliphatic rings. The van der Waals surface area contributed by atoms with Crippen LogP contribution in [0.4, 0.5) is 5.69 Å². The van der Waals surface area contributed by atoms with E-state index >= 15 is 0 Å². The predicted molar refractivity (Wildman–Crippen MR) is 74.6 cm³/mol. The van der Waals surface area contributed by atoms with Crippen LogP contribution < -0.4 is 5.32 Å². The molecule has 0 bridgehead atoms. The van der Waals surface area contributed by atoms with Crippen LogP contribution in [0.5, 0.6) is 0 Å². The molecule has 6 heteroatoms. The second-order valence-electron chi connectivity index (χ2n) is 4.02. The monoisotopic (exact) mass is 322 g/mol. The van der Waals surface area contributed by atoms with Crippen molar-refractivity contribution in [3.63, 3.8) is 0 Å². The first-order chi connectivity index (χ1) is 8.97. The number of carboxylic acids is 1. The fourth-order valence-electron chi connectivity index (χ4n) is 1.58. The highest BCUT2D eigenvalue weighted by Gasteiger charge is 2.11. The van der Waals surface area contributed by atoms with Crippen molar-refractivity contribution in [2.24, 2.45) is 0 Å². The minimum Gasteiger partial charge on any atom is -0.478 e. The first kappa shape index (κ1) is 13.4. The Kier molecular flexibility index (Phi) is 3.71. The molecule has 0 atom stereocenters. The fraction of sp³-hybridized carbons (Fsp3) is 0.0769. The van der Waals surface area contributed by atoms with Gasteiger partial charge in [-0.3, -0.25) is 4.79 Å². The standard InChI is InChI=1S/C13H11BrN2O3/c1-7-2-3-8(13(18)19)4-10(7)16-12(17)11-5-9(14)6-15-11/h2-6,15H,1H3,(H,16,17)(H,18,19). The topological polar surface area (TPSA) is 82.2 Å². The van der Waals surface area contributed by atoms with E-state index in [1.165, 1.54) is 12.1 Å². The van der Waals surface area contributed by atoms with Crippen molar-refractivity contribution >= 4 is 33.5 Å². The molecular formula is C13H11BrN2O3. The summed E-state index contributed by atoms with van der Waals surface area (Å²) in [5.74, 6) is -1.35. The zero-order valence-corrected chi connectivity index (χ0v) is 11.6. The van der Waals surface area contributed by atoms with Gasteiger partial charge < -0.3 is 15.4 Å². The quantitative estimate of drug-likeness (QED) is 0.812. The Balaban J connectivity index is 2.25. The van der Waals surface area contributed by atoms with Crippen LogP contribution in [0.1, 0.15) is 26.4 Å². The molecule has 1 heterocycles. The molecule has 0 saturated heterocycles. The number of carboxylic acid groups (broad SMARTS) is 1. The average Bonchev–Trinajstić information content (AvgIpc) is 2.78. The first-order valence-electron chi connectivity index (χ1n) is 5.46. The summed E-state index contributed by atoms with van der Waals surface area (Å²) in [5.41, 5.74) is 1.81. The predicted octanol–water partition coefficient (Wildman–Crippen LogP) is 3.04. The van der Waals surface area contributed by atoms with Crippen molar-refractivity contribution in [3.05, 3.63) is 51.8 Å². The highest BCUT2D eigenvalue weighted by molar-refractivity contribution is 9.10. The molecular weight excluding hydrogens is 312 g/mol. The summed E-state index contributed by atoms with van der Waals surface area (Å²) in [6.07, 6.45) is 1.65. The van der Waals surface area contributed by atoms with Crippen LogP contribution in [0.15, 0.2) is 34.9 Å². The lowest BCUT2D eigenvalue weighted by atomic mass is 10.1. The number of amides is 1. The first-order valence-corrected chi connectivity index (χ1v) is 6.26. The van der Waals surface area contributed by atoms with E-state index < -0.39 is 5.97 Å². The minimum atomic E-state index is -1.03. The molecule has 3 N–H and O–H groups in total. The van der Waals surface area contributed by atoms with E-state index in [1.54, 1.807) is 25.3 Å². The molecule has 19 heavy (non-hydrogen) atoms. The number of aromatic carboxylic acids is 1. The van der Waals surface area contributed by atoms with Crippen LogP contribution >= 0.6 is 15.9 Å². The number of aromatic nitrogens is 1. The molecule has 0 radical (unpaired) electrons. The maximum Gasteiger partial charge on any atom is 0.335 e. The molecule has 98 valence electrons. The molecule has 0 spiro atoms.